The third-order valence-corrected chi connectivity index (χ3v) is 2.85. The van der Waals surface area contributed by atoms with Crippen LogP contribution < -0.4 is 0 Å². The van der Waals surface area contributed by atoms with Crippen molar-refractivity contribution in [2.24, 2.45) is 0 Å². The number of benzene rings is 1. The lowest BCUT2D eigenvalue weighted by molar-refractivity contribution is 0.432. The van der Waals surface area contributed by atoms with Gasteiger partial charge in [-0.2, -0.15) is 10.2 Å². The molecule has 0 amide bonds. The molecule has 0 fully saturated rings. The van der Waals surface area contributed by atoms with Crippen molar-refractivity contribution in [2.75, 3.05) is 0 Å². The summed E-state index contributed by atoms with van der Waals surface area (Å²) in [5.41, 5.74) is 3.19. The second-order valence-electron chi connectivity index (χ2n) is 4.15. The molecule has 3 aromatic rings. The van der Waals surface area contributed by atoms with Crippen molar-refractivity contribution in [1.82, 2.24) is 15.1 Å². The van der Waals surface area contributed by atoms with E-state index in [0.717, 1.165) is 16.8 Å². The van der Waals surface area contributed by atoms with Crippen LogP contribution in [0.5, 0.6) is 0 Å². The Labute approximate surface area is 109 Å². The van der Waals surface area contributed by atoms with E-state index in [-0.39, 0.29) is 0 Å². The summed E-state index contributed by atoms with van der Waals surface area (Å²) in [6.07, 6.45) is 1.80. The van der Waals surface area contributed by atoms with Crippen LogP contribution in [0.1, 0.15) is 11.1 Å². The maximum absolute atomic E-state index is 8.85. The minimum absolute atomic E-state index is 0.451. The van der Waals surface area contributed by atoms with Crippen LogP contribution in [-0.4, -0.2) is 15.1 Å². The van der Waals surface area contributed by atoms with Crippen LogP contribution >= 0.6 is 0 Å². The van der Waals surface area contributed by atoms with Crippen LogP contribution in [0.3, 0.4) is 0 Å². The molecule has 1 N–H and O–H groups in total. The first kappa shape index (κ1) is 11.2. The lowest BCUT2D eigenvalue weighted by Crippen LogP contribution is -1.86. The van der Waals surface area contributed by atoms with E-state index < -0.39 is 0 Å². The van der Waals surface area contributed by atoms with Gasteiger partial charge in [-0.15, -0.1) is 0 Å². The summed E-state index contributed by atoms with van der Waals surface area (Å²) in [7, 11) is 0. The summed E-state index contributed by atoms with van der Waals surface area (Å²) in [5, 5.41) is 12.8. The number of nitriles is 1. The Morgan fingerprint density at radius 1 is 1.32 bits per heavy atom. The molecule has 1 aromatic carbocycles. The highest BCUT2D eigenvalue weighted by atomic mass is 16.5. The second-order valence-corrected chi connectivity index (χ2v) is 4.15. The fourth-order valence-electron chi connectivity index (χ4n) is 1.88. The molecule has 19 heavy (non-hydrogen) atoms. The molecule has 0 aliphatic rings. The number of H-pyrrole nitrogens is 1. The van der Waals surface area contributed by atoms with Gasteiger partial charge in [0.15, 0.2) is 0 Å². The van der Waals surface area contributed by atoms with Crippen molar-refractivity contribution in [3.8, 4) is 29.0 Å². The molecule has 0 radical (unpaired) electrons. The highest BCUT2D eigenvalue weighted by molar-refractivity contribution is 5.62. The molecule has 3 rings (SSSR count). The Bertz CT molecular complexity index is 750. The average Bonchev–Trinajstić information content (AvgIpc) is 3.09. The minimum Gasteiger partial charge on any atom is -0.359 e. The highest BCUT2D eigenvalue weighted by Crippen LogP contribution is 2.24. The van der Waals surface area contributed by atoms with Gasteiger partial charge in [0.25, 0.3) is 5.89 Å². The molecule has 0 aliphatic heterocycles. The van der Waals surface area contributed by atoms with E-state index in [0.29, 0.717) is 17.3 Å². The van der Waals surface area contributed by atoms with Gasteiger partial charge in [-0.25, -0.2) is 0 Å². The zero-order valence-electron chi connectivity index (χ0n) is 10.2. The quantitative estimate of drug-likeness (QED) is 0.758. The first-order valence-electron chi connectivity index (χ1n) is 5.76. The van der Waals surface area contributed by atoms with Crippen LogP contribution in [0.4, 0.5) is 0 Å². The molecule has 5 heteroatoms. The molecular formula is C14H10N4O. The van der Waals surface area contributed by atoms with Crippen LogP contribution in [0.25, 0.3) is 23.0 Å². The molecule has 0 atom stereocenters. The molecular weight excluding hydrogens is 240 g/mol. The van der Waals surface area contributed by atoms with Crippen molar-refractivity contribution in [3.05, 3.63) is 47.7 Å². The smallest absolute Gasteiger partial charge is 0.258 e. The maximum atomic E-state index is 8.85. The van der Waals surface area contributed by atoms with E-state index in [1.165, 1.54) is 0 Å². The van der Waals surface area contributed by atoms with Crippen LogP contribution in [0.15, 0.2) is 41.1 Å². The molecule has 0 unspecified atom stereocenters. The molecule has 2 aromatic heterocycles. The van der Waals surface area contributed by atoms with Gasteiger partial charge in [-0.3, -0.25) is 0 Å². The van der Waals surface area contributed by atoms with E-state index in [4.69, 9.17) is 9.78 Å². The number of aromatic amines is 1. The minimum atomic E-state index is 0.451. The third kappa shape index (κ3) is 2.00. The fraction of sp³-hybridized carbons (Fsp3) is 0.0714. The van der Waals surface area contributed by atoms with Crippen LogP contribution in [-0.2, 0) is 0 Å². The summed E-state index contributed by atoms with van der Waals surface area (Å²) in [6.45, 7) is 1.91. The van der Waals surface area contributed by atoms with Gasteiger partial charge in [0.05, 0.1) is 17.3 Å². The van der Waals surface area contributed by atoms with E-state index in [1.54, 1.807) is 18.3 Å². The average molecular weight is 250 g/mol. The molecule has 92 valence electrons. The summed E-state index contributed by atoms with van der Waals surface area (Å²) in [4.78, 5) is 7.37. The van der Waals surface area contributed by atoms with Crippen LogP contribution in [0, 0.1) is 18.3 Å². The molecule has 0 saturated heterocycles. The predicted octanol–water partition coefficient (Wildman–Crippen LogP) is 2.91. The van der Waals surface area contributed by atoms with Crippen molar-refractivity contribution in [1.29, 1.82) is 5.26 Å². The Balaban J connectivity index is 2.02. The Hall–Kier alpha value is -2.87. The molecule has 0 bridgehead atoms. The monoisotopic (exact) mass is 250 g/mol. The normalized spacial score (nSPS) is 10.3. The zero-order chi connectivity index (χ0) is 13.2. The first-order chi connectivity index (χ1) is 9.28. The number of hydrogen-bond acceptors (Lipinski definition) is 4. The summed E-state index contributed by atoms with van der Waals surface area (Å²) in [5.74, 6) is 0.968. The van der Waals surface area contributed by atoms with E-state index in [9.17, 15) is 0 Å². The van der Waals surface area contributed by atoms with Gasteiger partial charge in [0.2, 0.25) is 5.82 Å². The summed E-state index contributed by atoms with van der Waals surface area (Å²) >= 11 is 0. The van der Waals surface area contributed by atoms with Gasteiger partial charge >= 0.3 is 0 Å². The summed E-state index contributed by atoms with van der Waals surface area (Å²) in [6, 6.07) is 11.2. The zero-order valence-corrected chi connectivity index (χ0v) is 10.2. The maximum Gasteiger partial charge on any atom is 0.258 e. The third-order valence-electron chi connectivity index (χ3n) is 2.85. The standard InChI is InChI=1S/C14H10N4O/c1-9-7-10(8-15)4-5-11(9)14-17-13(18-19-14)12-3-2-6-16-12/h2-7,16H,1H3. The largest absolute Gasteiger partial charge is 0.359 e. The lowest BCUT2D eigenvalue weighted by Gasteiger charge is -1.99. The topological polar surface area (TPSA) is 78.5 Å². The van der Waals surface area contributed by atoms with E-state index in [2.05, 4.69) is 21.2 Å². The summed E-state index contributed by atoms with van der Waals surface area (Å²) < 4.78 is 5.26. The number of aryl methyl sites for hydroxylation is 1. The molecule has 2 heterocycles. The Morgan fingerprint density at radius 2 is 2.21 bits per heavy atom. The van der Waals surface area contributed by atoms with E-state index >= 15 is 0 Å². The first-order valence-corrected chi connectivity index (χ1v) is 5.76. The number of hydrogen-bond donors (Lipinski definition) is 1. The SMILES string of the molecule is Cc1cc(C#N)ccc1-c1nc(-c2ccc[nH]2)no1. The molecule has 0 aliphatic carbocycles. The highest BCUT2D eigenvalue weighted by Gasteiger charge is 2.13. The van der Waals surface area contributed by atoms with Crippen molar-refractivity contribution in [3.63, 3.8) is 0 Å². The Morgan fingerprint density at radius 3 is 2.89 bits per heavy atom. The van der Waals surface area contributed by atoms with Gasteiger partial charge in [-0.1, -0.05) is 5.16 Å². The van der Waals surface area contributed by atoms with Gasteiger partial charge in [0, 0.05) is 11.8 Å². The van der Waals surface area contributed by atoms with Crippen molar-refractivity contribution in [2.45, 2.75) is 6.92 Å². The van der Waals surface area contributed by atoms with Gasteiger partial charge in [0.1, 0.15) is 0 Å². The fourth-order valence-corrected chi connectivity index (χ4v) is 1.88. The van der Waals surface area contributed by atoms with Crippen molar-refractivity contribution < 1.29 is 4.52 Å². The Kier molecular flexibility index (Phi) is 2.62. The number of nitrogens with zero attached hydrogens (tertiary/aromatic N) is 3. The molecule has 0 saturated carbocycles. The van der Waals surface area contributed by atoms with Crippen molar-refractivity contribution >= 4 is 0 Å². The van der Waals surface area contributed by atoms with E-state index in [1.807, 2.05) is 25.1 Å². The van der Waals surface area contributed by atoms with Crippen LogP contribution in [0.2, 0.25) is 0 Å². The molecule has 0 spiro atoms. The lowest BCUT2D eigenvalue weighted by atomic mass is 10.1. The van der Waals surface area contributed by atoms with Gasteiger partial charge < -0.3 is 9.51 Å². The van der Waals surface area contributed by atoms with Gasteiger partial charge in [-0.05, 0) is 42.8 Å². The number of rotatable bonds is 2. The second kappa shape index (κ2) is 4.42. The number of aromatic nitrogens is 3. The number of nitrogens with one attached hydrogen (secondary N) is 1. The molecule has 5 nitrogen and oxygen atoms in total. The predicted molar refractivity (Wildman–Crippen MR) is 69.0 cm³/mol.